The molecule has 2 amide bonds. The number of nitrogens with one attached hydrogen (secondary N) is 2. The van der Waals surface area contributed by atoms with Crippen molar-refractivity contribution in [2.75, 3.05) is 19.6 Å². The van der Waals surface area contributed by atoms with E-state index in [-0.39, 0.29) is 18.0 Å². The summed E-state index contributed by atoms with van der Waals surface area (Å²) in [6.45, 7) is 1.12. The van der Waals surface area contributed by atoms with E-state index in [2.05, 4.69) is 5.32 Å². The number of alkyl halides is 3. The summed E-state index contributed by atoms with van der Waals surface area (Å²) in [5, 5.41) is 2.32. The maximum absolute atomic E-state index is 12.4. The molecule has 2 rings (SSSR count). The second-order valence-electron chi connectivity index (χ2n) is 4.57. The molecule has 0 bridgehead atoms. The van der Waals surface area contributed by atoms with Crippen LogP contribution in [-0.2, 0) is 11.0 Å². The number of H-pyrrole nitrogens is 1. The van der Waals surface area contributed by atoms with Gasteiger partial charge in [-0.3, -0.25) is 9.59 Å². The van der Waals surface area contributed by atoms with E-state index in [1.807, 2.05) is 4.98 Å². The summed E-state index contributed by atoms with van der Waals surface area (Å²) >= 11 is 0. The van der Waals surface area contributed by atoms with Crippen LogP contribution in [0.5, 0.6) is 0 Å². The normalized spacial score (nSPS) is 15.4. The standard InChI is InChI=1S/C12H14F3N3O2/c13-12(14,15)9-5-8(6-16-9)11(20)17-7-10(19)18-3-1-2-4-18/h5-6,16H,1-4,7H2,(H,17,20). The van der Waals surface area contributed by atoms with E-state index in [0.717, 1.165) is 25.1 Å². The van der Waals surface area contributed by atoms with Crippen LogP contribution < -0.4 is 5.32 Å². The molecule has 1 aliphatic heterocycles. The minimum Gasteiger partial charge on any atom is -0.357 e. The molecule has 0 saturated carbocycles. The third-order valence-electron chi connectivity index (χ3n) is 3.11. The minimum atomic E-state index is -4.52. The summed E-state index contributed by atoms with van der Waals surface area (Å²) in [5.74, 6) is -0.924. The molecule has 0 aliphatic carbocycles. The van der Waals surface area contributed by atoms with Gasteiger partial charge < -0.3 is 15.2 Å². The Morgan fingerprint density at radius 3 is 2.50 bits per heavy atom. The first-order valence-corrected chi connectivity index (χ1v) is 6.19. The van der Waals surface area contributed by atoms with Gasteiger partial charge >= 0.3 is 6.18 Å². The van der Waals surface area contributed by atoms with Crippen molar-refractivity contribution >= 4 is 11.8 Å². The second-order valence-corrected chi connectivity index (χ2v) is 4.57. The van der Waals surface area contributed by atoms with Crippen molar-refractivity contribution in [1.82, 2.24) is 15.2 Å². The molecule has 0 radical (unpaired) electrons. The van der Waals surface area contributed by atoms with Gasteiger partial charge in [0.05, 0.1) is 12.1 Å². The number of hydrogen-bond donors (Lipinski definition) is 2. The van der Waals surface area contributed by atoms with E-state index in [4.69, 9.17) is 0 Å². The van der Waals surface area contributed by atoms with Crippen LogP contribution >= 0.6 is 0 Å². The fraction of sp³-hybridized carbons (Fsp3) is 0.500. The summed E-state index contributed by atoms with van der Waals surface area (Å²) in [6, 6.07) is 0.718. The summed E-state index contributed by atoms with van der Waals surface area (Å²) in [5.41, 5.74) is -1.14. The number of rotatable bonds is 3. The first-order valence-electron chi connectivity index (χ1n) is 6.19. The van der Waals surface area contributed by atoms with Crippen LogP contribution in [0, 0.1) is 0 Å². The van der Waals surface area contributed by atoms with Gasteiger partial charge in [0, 0.05) is 19.3 Å². The highest BCUT2D eigenvalue weighted by Gasteiger charge is 2.33. The zero-order valence-corrected chi connectivity index (χ0v) is 10.6. The number of aromatic nitrogens is 1. The second kappa shape index (κ2) is 5.56. The van der Waals surface area contributed by atoms with Crippen molar-refractivity contribution in [3.05, 3.63) is 23.5 Å². The number of hydrogen-bond acceptors (Lipinski definition) is 2. The highest BCUT2D eigenvalue weighted by Crippen LogP contribution is 2.28. The van der Waals surface area contributed by atoms with Gasteiger partial charge in [-0.2, -0.15) is 13.2 Å². The third-order valence-corrected chi connectivity index (χ3v) is 3.11. The van der Waals surface area contributed by atoms with E-state index in [0.29, 0.717) is 13.1 Å². The first kappa shape index (κ1) is 14.4. The highest BCUT2D eigenvalue weighted by atomic mass is 19.4. The van der Waals surface area contributed by atoms with Crippen LogP contribution in [0.1, 0.15) is 28.9 Å². The Morgan fingerprint density at radius 1 is 1.30 bits per heavy atom. The van der Waals surface area contributed by atoms with Gasteiger partial charge in [0.2, 0.25) is 5.91 Å². The van der Waals surface area contributed by atoms with Crippen molar-refractivity contribution in [2.45, 2.75) is 19.0 Å². The minimum absolute atomic E-state index is 0.147. The summed E-state index contributed by atoms with van der Waals surface area (Å²) in [6.07, 6.45) is -1.68. The van der Waals surface area contributed by atoms with Gasteiger partial charge in [-0.1, -0.05) is 0 Å². The molecule has 1 aromatic rings. The van der Waals surface area contributed by atoms with E-state index in [9.17, 15) is 22.8 Å². The quantitative estimate of drug-likeness (QED) is 0.883. The fourth-order valence-electron chi connectivity index (χ4n) is 2.03. The zero-order chi connectivity index (χ0) is 14.8. The Kier molecular flexibility index (Phi) is 4.01. The number of nitrogens with zero attached hydrogens (tertiary/aromatic N) is 1. The molecule has 1 aromatic heterocycles. The van der Waals surface area contributed by atoms with Crippen molar-refractivity contribution in [3.8, 4) is 0 Å². The predicted molar refractivity (Wildman–Crippen MR) is 63.9 cm³/mol. The largest absolute Gasteiger partial charge is 0.431 e. The average Bonchev–Trinajstić information content (AvgIpc) is 3.04. The lowest BCUT2D eigenvalue weighted by atomic mass is 10.3. The number of aromatic amines is 1. The first-order chi connectivity index (χ1) is 9.38. The predicted octanol–water partition coefficient (Wildman–Crippen LogP) is 1.39. The molecule has 0 atom stereocenters. The Balaban J connectivity index is 1.88. The van der Waals surface area contributed by atoms with Crippen molar-refractivity contribution in [3.63, 3.8) is 0 Å². The number of carbonyl (C=O) groups is 2. The van der Waals surface area contributed by atoms with Gasteiger partial charge in [0.15, 0.2) is 0 Å². The number of carbonyl (C=O) groups excluding carboxylic acids is 2. The molecule has 1 fully saturated rings. The monoisotopic (exact) mass is 289 g/mol. The summed E-state index contributed by atoms with van der Waals surface area (Å²) in [7, 11) is 0. The molecule has 1 saturated heterocycles. The molecule has 20 heavy (non-hydrogen) atoms. The van der Waals surface area contributed by atoms with Crippen molar-refractivity contribution < 1.29 is 22.8 Å². The van der Waals surface area contributed by atoms with Crippen LogP contribution in [0.4, 0.5) is 13.2 Å². The Bertz CT molecular complexity index is 504. The Labute approximate surface area is 113 Å². The van der Waals surface area contributed by atoms with Crippen LogP contribution in [0.25, 0.3) is 0 Å². The number of likely N-dealkylation sites (tertiary alicyclic amines) is 1. The molecule has 0 spiro atoms. The fourth-order valence-corrected chi connectivity index (χ4v) is 2.03. The molecule has 1 aliphatic rings. The van der Waals surface area contributed by atoms with Crippen molar-refractivity contribution in [2.24, 2.45) is 0 Å². The average molecular weight is 289 g/mol. The molecule has 110 valence electrons. The van der Waals surface area contributed by atoms with Gasteiger partial charge in [-0.25, -0.2) is 0 Å². The SMILES string of the molecule is O=C(NCC(=O)N1CCCC1)c1c[nH]c(C(F)(F)F)c1. The van der Waals surface area contributed by atoms with Gasteiger partial charge in [-0.15, -0.1) is 0 Å². The molecule has 0 aromatic carbocycles. The molecule has 8 heteroatoms. The molecular weight excluding hydrogens is 275 g/mol. The Hall–Kier alpha value is -1.99. The number of amides is 2. The van der Waals surface area contributed by atoms with Gasteiger partial charge in [0.1, 0.15) is 5.69 Å². The third kappa shape index (κ3) is 3.31. The van der Waals surface area contributed by atoms with Gasteiger partial charge in [0.25, 0.3) is 5.91 Å². The van der Waals surface area contributed by atoms with E-state index < -0.39 is 17.8 Å². The van der Waals surface area contributed by atoms with Crippen LogP contribution in [-0.4, -0.2) is 41.3 Å². The van der Waals surface area contributed by atoms with Gasteiger partial charge in [-0.05, 0) is 18.9 Å². The van der Waals surface area contributed by atoms with E-state index in [1.54, 1.807) is 4.90 Å². The lowest BCUT2D eigenvalue weighted by Crippen LogP contribution is -2.38. The summed E-state index contributed by atoms with van der Waals surface area (Å²) in [4.78, 5) is 26.9. The van der Waals surface area contributed by atoms with E-state index >= 15 is 0 Å². The maximum Gasteiger partial charge on any atom is 0.431 e. The van der Waals surface area contributed by atoms with Crippen LogP contribution in [0.2, 0.25) is 0 Å². The molecular formula is C12H14F3N3O2. The molecule has 2 N–H and O–H groups in total. The Morgan fingerprint density at radius 2 is 1.95 bits per heavy atom. The van der Waals surface area contributed by atoms with Crippen LogP contribution in [0.15, 0.2) is 12.3 Å². The van der Waals surface area contributed by atoms with Crippen molar-refractivity contribution in [1.29, 1.82) is 0 Å². The zero-order valence-electron chi connectivity index (χ0n) is 10.6. The lowest BCUT2D eigenvalue weighted by molar-refractivity contribution is -0.140. The topological polar surface area (TPSA) is 65.2 Å². The summed E-state index contributed by atoms with van der Waals surface area (Å²) < 4.78 is 37.1. The maximum atomic E-state index is 12.4. The molecule has 0 unspecified atom stereocenters. The van der Waals surface area contributed by atoms with E-state index in [1.165, 1.54) is 0 Å². The lowest BCUT2D eigenvalue weighted by Gasteiger charge is -2.15. The highest BCUT2D eigenvalue weighted by molar-refractivity contribution is 5.96. The number of halogens is 3. The van der Waals surface area contributed by atoms with Crippen LogP contribution in [0.3, 0.4) is 0 Å². The molecule has 2 heterocycles. The smallest absolute Gasteiger partial charge is 0.357 e. The molecule has 5 nitrogen and oxygen atoms in total.